The number of hydrogen-bond donors (Lipinski definition) is 1. The quantitative estimate of drug-likeness (QED) is 0.610. The second-order valence-electron chi connectivity index (χ2n) is 5.45. The van der Waals surface area contributed by atoms with E-state index < -0.39 is 10.0 Å². The van der Waals surface area contributed by atoms with E-state index in [0.29, 0.717) is 17.2 Å². The molecule has 25 heavy (non-hydrogen) atoms. The van der Waals surface area contributed by atoms with Crippen molar-refractivity contribution in [2.24, 2.45) is 0 Å². The van der Waals surface area contributed by atoms with Crippen LogP contribution in [0.5, 0.6) is 5.75 Å². The van der Waals surface area contributed by atoms with Crippen LogP contribution in [-0.4, -0.2) is 32.0 Å². The highest BCUT2D eigenvalue weighted by molar-refractivity contribution is 8.02. The third kappa shape index (κ3) is 4.87. The van der Waals surface area contributed by atoms with Crippen LogP contribution < -0.4 is 9.46 Å². The predicted octanol–water partition coefficient (Wildman–Crippen LogP) is 4.15. The summed E-state index contributed by atoms with van der Waals surface area (Å²) < 4.78 is 34.0. The van der Waals surface area contributed by atoms with Crippen molar-refractivity contribution < 1.29 is 13.2 Å². The topological polar surface area (TPSA) is 68.3 Å². The molecule has 1 aromatic heterocycles. The second-order valence-corrected chi connectivity index (χ2v) is 9.66. The number of aromatic nitrogens is 1. The molecule has 0 aliphatic rings. The second kappa shape index (κ2) is 7.63. The van der Waals surface area contributed by atoms with Gasteiger partial charge in [0.1, 0.15) is 5.75 Å². The SMILES string of the molecule is COc1ccc(NS(=O)(=O)CCSc2nc3cc(C)ccc3s2)cc1. The molecule has 0 unspecified atom stereocenters. The number of rotatable bonds is 7. The summed E-state index contributed by atoms with van der Waals surface area (Å²) in [6.07, 6.45) is 0. The summed E-state index contributed by atoms with van der Waals surface area (Å²) in [5.41, 5.74) is 2.66. The number of anilines is 1. The van der Waals surface area contributed by atoms with Gasteiger partial charge in [-0.3, -0.25) is 4.72 Å². The van der Waals surface area contributed by atoms with Crippen molar-refractivity contribution in [1.29, 1.82) is 0 Å². The van der Waals surface area contributed by atoms with Gasteiger partial charge in [-0.2, -0.15) is 0 Å². The lowest BCUT2D eigenvalue weighted by molar-refractivity contribution is 0.415. The molecule has 5 nitrogen and oxygen atoms in total. The van der Waals surface area contributed by atoms with Gasteiger partial charge in [0.15, 0.2) is 4.34 Å². The summed E-state index contributed by atoms with van der Waals surface area (Å²) in [5.74, 6) is 1.16. The van der Waals surface area contributed by atoms with Crippen molar-refractivity contribution >= 4 is 49.0 Å². The number of fused-ring (bicyclic) bond motifs is 1. The van der Waals surface area contributed by atoms with Crippen molar-refractivity contribution in [2.45, 2.75) is 11.3 Å². The number of nitrogens with one attached hydrogen (secondary N) is 1. The van der Waals surface area contributed by atoms with Gasteiger partial charge in [0, 0.05) is 11.4 Å². The molecule has 0 amide bonds. The number of sulfonamides is 1. The molecule has 0 saturated heterocycles. The summed E-state index contributed by atoms with van der Waals surface area (Å²) in [6, 6.07) is 12.9. The van der Waals surface area contributed by atoms with Gasteiger partial charge in [0.05, 0.1) is 23.1 Å². The van der Waals surface area contributed by atoms with Gasteiger partial charge in [0.2, 0.25) is 10.0 Å². The Balaban J connectivity index is 1.57. The molecule has 132 valence electrons. The van der Waals surface area contributed by atoms with Crippen molar-refractivity contribution in [2.75, 3.05) is 23.3 Å². The lowest BCUT2D eigenvalue weighted by atomic mass is 10.2. The van der Waals surface area contributed by atoms with E-state index in [2.05, 4.69) is 15.8 Å². The maximum absolute atomic E-state index is 12.2. The van der Waals surface area contributed by atoms with E-state index in [-0.39, 0.29) is 5.75 Å². The van der Waals surface area contributed by atoms with Crippen LogP contribution in [0.3, 0.4) is 0 Å². The fourth-order valence-corrected chi connectivity index (χ4v) is 5.78. The van der Waals surface area contributed by atoms with E-state index in [1.54, 1.807) is 42.7 Å². The molecule has 0 bridgehead atoms. The third-order valence-electron chi connectivity index (χ3n) is 3.46. The van der Waals surface area contributed by atoms with Crippen LogP contribution in [0.15, 0.2) is 46.8 Å². The summed E-state index contributed by atoms with van der Waals surface area (Å²) >= 11 is 3.05. The molecular formula is C17H18N2O3S3. The maximum atomic E-state index is 12.2. The highest BCUT2D eigenvalue weighted by Gasteiger charge is 2.12. The number of thioether (sulfide) groups is 1. The van der Waals surface area contributed by atoms with E-state index in [9.17, 15) is 8.42 Å². The number of hydrogen-bond acceptors (Lipinski definition) is 6. The first-order valence-electron chi connectivity index (χ1n) is 7.60. The van der Waals surface area contributed by atoms with Gasteiger partial charge >= 0.3 is 0 Å². The number of benzene rings is 2. The zero-order valence-electron chi connectivity index (χ0n) is 13.9. The molecule has 0 radical (unpaired) electrons. The fourth-order valence-electron chi connectivity index (χ4n) is 2.21. The number of thiazole rings is 1. The minimum Gasteiger partial charge on any atom is -0.497 e. The molecule has 1 N–H and O–H groups in total. The zero-order chi connectivity index (χ0) is 17.9. The molecule has 3 aromatic rings. The summed E-state index contributed by atoms with van der Waals surface area (Å²) in [5, 5.41) is 0. The highest BCUT2D eigenvalue weighted by atomic mass is 32.2. The largest absolute Gasteiger partial charge is 0.497 e. The number of methoxy groups -OCH3 is 1. The molecule has 1 heterocycles. The van der Waals surface area contributed by atoms with Crippen LogP contribution in [-0.2, 0) is 10.0 Å². The van der Waals surface area contributed by atoms with Crippen LogP contribution >= 0.6 is 23.1 Å². The lowest BCUT2D eigenvalue weighted by Gasteiger charge is -2.08. The van der Waals surface area contributed by atoms with Gasteiger partial charge in [-0.15, -0.1) is 11.3 Å². The van der Waals surface area contributed by atoms with Gasteiger partial charge in [-0.1, -0.05) is 17.8 Å². The number of ether oxygens (including phenoxy) is 1. The molecular weight excluding hydrogens is 376 g/mol. The average molecular weight is 395 g/mol. The summed E-state index contributed by atoms with van der Waals surface area (Å²) in [4.78, 5) is 4.55. The molecule has 8 heteroatoms. The highest BCUT2D eigenvalue weighted by Crippen LogP contribution is 2.30. The van der Waals surface area contributed by atoms with E-state index in [0.717, 1.165) is 14.6 Å². The Morgan fingerprint density at radius 3 is 2.68 bits per heavy atom. The Bertz CT molecular complexity index is 966. The molecule has 0 aliphatic carbocycles. The van der Waals surface area contributed by atoms with Crippen LogP contribution in [0.2, 0.25) is 0 Å². The van der Waals surface area contributed by atoms with E-state index in [4.69, 9.17) is 4.74 Å². The Kier molecular flexibility index (Phi) is 5.51. The Labute approximate surface area is 155 Å². The zero-order valence-corrected chi connectivity index (χ0v) is 16.3. The van der Waals surface area contributed by atoms with Crippen molar-refractivity contribution in [3.8, 4) is 5.75 Å². The van der Waals surface area contributed by atoms with E-state index >= 15 is 0 Å². The molecule has 3 rings (SSSR count). The number of aryl methyl sites for hydroxylation is 1. The Morgan fingerprint density at radius 1 is 1.20 bits per heavy atom. The van der Waals surface area contributed by atoms with Crippen molar-refractivity contribution in [3.05, 3.63) is 48.0 Å². The summed E-state index contributed by atoms with van der Waals surface area (Å²) in [7, 11) is -1.83. The van der Waals surface area contributed by atoms with Gasteiger partial charge in [-0.05, 0) is 48.9 Å². The van der Waals surface area contributed by atoms with E-state index in [1.165, 1.54) is 17.3 Å². The molecule has 0 saturated carbocycles. The molecule has 2 aromatic carbocycles. The standard InChI is InChI=1S/C17H18N2O3S3/c1-12-3-8-16-15(11-12)18-17(24-16)23-9-10-25(20,21)19-13-4-6-14(22-2)7-5-13/h3-8,11,19H,9-10H2,1-2H3. The van der Waals surface area contributed by atoms with Crippen LogP contribution in [0.1, 0.15) is 5.56 Å². The molecule has 0 fully saturated rings. The normalized spacial score (nSPS) is 11.6. The van der Waals surface area contributed by atoms with Gasteiger partial charge in [-0.25, -0.2) is 13.4 Å². The first-order chi connectivity index (χ1) is 11.9. The third-order valence-corrected chi connectivity index (χ3v) is 7.19. The molecule has 0 aliphatic heterocycles. The van der Waals surface area contributed by atoms with Crippen LogP contribution in [0.25, 0.3) is 10.2 Å². The van der Waals surface area contributed by atoms with Gasteiger partial charge in [0.25, 0.3) is 0 Å². The minimum atomic E-state index is -3.40. The van der Waals surface area contributed by atoms with E-state index in [1.807, 2.05) is 19.1 Å². The molecule has 0 spiro atoms. The Morgan fingerprint density at radius 2 is 1.96 bits per heavy atom. The van der Waals surface area contributed by atoms with Crippen LogP contribution in [0, 0.1) is 6.92 Å². The first-order valence-corrected chi connectivity index (χ1v) is 11.1. The lowest BCUT2D eigenvalue weighted by Crippen LogP contribution is -2.18. The number of nitrogens with zero attached hydrogens (tertiary/aromatic N) is 1. The van der Waals surface area contributed by atoms with Crippen LogP contribution in [0.4, 0.5) is 5.69 Å². The van der Waals surface area contributed by atoms with Gasteiger partial charge < -0.3 is 4.74 Å². The predicted molar refractivity (Wildman–Crippen MR) is 105 cm³/mol. The molecule has 0 atom stereocenters. The first kappa shape index (κ1) is 18.0. The smallest absolute Gasteiger partial charge is 0.233 e. The summed E-state index contributed by atoms with van der Waals surface area (Å²) in [6.45, 7) is 2.03. The average Bonchev–Trinajstić information content (AvgIpc) is 2.96. The monoisotopic (exact) mass is 394 g/mol. The maximum Gasteiger partial charge on any atom is 0.233 e. The fraction of sp³-hybridized carbons (Fsp3) is 0.235. The van der Waals surface area contributed by atoms with Crippen molar-refractivity contribution in [1.82, 2.24) is 4.98 Å². The Hall–Kier alpha value is -1.77. The van der Waals surface area contributed by atoms with Crippen molar-refractivity contribution in [3.63, 3.8) is 0 Å². The minimum absolute atomic E-state index is 0.0264.